The molecule has 6 rings (SSSR count). The normalized spacial score (nSPS) is 21.5. The van der Waals surface area contributed by atoms with E-state index in [1.54, 1.807) is 4.90 Å². The first kappa shape index (κ1) is 32.5. The number of allylic oxidation sites excluding steroid dienone is 2. The first-order valence-electron chi connectivity index (χ1n) is 15.2. The molecule has 0 bridgehead atoms. The number of guanidine groups is 1. The Morgan fingerprint density at radius 2 is 1.89 bits per heavy atom. The molecule has 1 aliphatic carbocycles. The fourth-order valence-corrected chi connectivity index (χ4v) is 8.08. The van der Waals surface area contributed by atoms with E-state index in [4.69, 9.17) is 21.3 Å². The standard InChI is InChI=1S/C30H34ClF3N6O5S/c1-2-25-27(37-11-13-38(14-12-37)46(43,44)21-4-5-21)28(42)39-10-7-23(19-8-15-45-16-9-19)36-29(39)40(25)18-26(41)35-24-6-3-20(17-22(24)31)30(32,33)34/h3,6-8,17,21H,2,4-5,9-16,18H2,1H3,(H,35,41). The number of sulfonamides is 1. The molecule has 0 aromatic heterocycles. The second-order valence-corrected chi connectivity index (χ2v) is 14.2. The van der Waals surface area contributed by atoms with E-state index < -0.39 is 27.7 Å². The Morgan fingerprint density at radius 1 is 1.15 bits per heavy atom. The van der Waals surface area contributed by atoms with Crippen molar-refractivity contribution >= 4 is 45.1 Å². The van der Waals surface area contributed by atoms with Gasteiger partial charge in [0.25, 0.3) is 5.91 Å². The van der Waals surface area contributed by atoms with Crippen molar-refractivity contribution in [1.82, 2.24) is 19.0 Å². The van der Waals surface area contributed by atoms with Crippen molar-refractivity contribution in [2.45, 2.75) is 44.0 Å². The average Bonchev–Trinajstić information content (AvgIpc) is 3.90. The van der Waals surface area contributed by atoms with E-state index in [1.165, 1.54) is 9.21 Å². The molecule has 11 nitrogen and oxygen atoms in total. The molecule has 0 spiro atoms. The van der Waals surface area contributed by atoms with Gasteiger partial charge in [-0.15, -0.1) is 0 Å². The quantitative estimate of drug-likeness (QED) is 0.444. The van der Waals surface area contributed by atoms with Crippen LogP contribution in [0.25, 0.3) is 0 Å². The Labute approximate surface area is 270 Å². The fraction of sp³-hybridized carbons (Fsp3) is 0.500. The van der Waals surface area contributed by atoms with Gasteiger partial charge in [-0.05, 0) is 55.5 Å². The molecule has 1 saturated heterocycles. The predicted molar refractivity (Wildman–Crippen MR) is 165 cm³/mol. The number of hydrogen-bond acceptors (Lipinski definition) is 8. The molecule has 248 valence electrons. The summed E-state index contributed by atoms with van der Waals surface area (Å²) in [5.74, 6) is -0.613. The Balaban J connectivity index is 1.31. The van der Waals surface area contributed by atoms with Crippen molar-refractivity contribution < 1.29 is 35.9 Å². The van der Waals surface area contributed by atoms with E-state index in [0.29, 0.717) is 69.1 Å². The number of amides is 2. The van der Waals surface area contributed by atoms with E-state index in [-0.39, 0.29) is 54.0 Å². The molecule has 0 radical (unpaired) electrons. The number of halogens is 4. The Hall–Kier alpha value is -3.40. The zero-order valence-electron chi connectivity index (χ0n) is 25.1. The van der Waals surface area contributed by atoms with Crippen LogP contribution in [-0.2, 0) is 30.5 Å². The lowest BCUT2D eigenvalue weighted by Gasteiger charge is -2.45. The van der Waals surface area contributed by atoms with Crippen LogP contribution in [0.4, 0.5) is 18.9 Å². The smallest absolute Gasteiger partial charge is 0.377 e. The maximum atomic E-state index is 14.1. The first-order valence-corrected chi connectivity index (χ1v) is 17.1. The third-order valence-corrected chi connectivity index (χ3v) is 11.3. The van der Waals surface area contributed by atoms with Crippen molar-refractivity contribution in [2.24, 2.45) is 4.99 Å². The summed E-state index contributed by atoms with van der Waals surface area (Å²) >= 11 is 6.11. The summed E-state index contributed by atoms with van der Waals surface area (Å²) in [5.41, 5.74) is 1.62. The number of nitrogens with one attached hydrogen (secondary N) is 1. The van der Waals surface area contributed by atoms with Crippen LogP contribution in [0.5, 0.6) is 0 Å². The summed E-state index contributed by atoms with van der Waals surface area (Å²) < 4.78 is 72.1. The number of piperazine rings is 1. The molecule has 4 aliphatic heterocycles. The highest BCUT2D eigenvalue weighted by Crippen LogP contribution is 2.36. The van der Waals surface area contributed by atoms with Crippen molar-refractivity contribution in [2.75, 3.05) is 57.8 Å². The van der Waals surface area contributed by atoms with Gasteiger partial charge < -0.3 is 19.9 Å². The first-order chi connectivity index (χ1) is 21.9. The summed E-state index contributed by atoms with van der Waals surface area (Å²) in [6.45, 7) is 3.78. The number of alkyl halides is 3. The Kier molecular flexibility index (Phi) is 8.95. The van der Waals surface area contributed by atoms with Crippen LogP contribution in [0.1, 0.15) is 38.2 Å². The molecule has 1 aromatic carbocycles. The molecule has 46 heavy (non-hydrogen) atoms. The van der Waals surface area contributed by atoms with Gasteiger partial charge in [0.2, 0.25) is 21.9 Å². The van der Waals surface area contributed by atoms with Crippen molar-refractivity contribution in [3.8, 4) is 0 Å². The third-order valence-electron chi connectivity index (χ3n) is 8.58. The van der Waals surface area contributed by atoms with Crippen LogP contribution in [0, 0.1) is 0 Å². The zero-order valence-corrected chi connectivity index (χ0v) is 26.7. The van der Waals surface area contributed by atoms with Gasteiger partial charge >= 0.3 is 6.18 Å². The average molecular weight is 683 g/mol. The van der Waals surface area contributed by atoms with Gasteiger partial charge in [0, 0.05) is 32.7 Å². The fourth-order valence-electron chi connectivity index (χ4n) is 6.03. The minimum atomic E-state index is -4.59. The molecule has 0 unspecified atom stereocenters. The molecule has 16 heteroatoms. The highest BCUT2D eigenvalue weighted by molar-refractivity contribution is 7.90. The maximum Gasteiger partial charge on any atom is 0.416 e. The molecule has 1 saturated carbocycles. The second kappa shape index (κ2) is 12.7. The maximum absolute atomic E-state index is 14.1. The van der Waals surface area contributed by atoms with Gasteiger partial charge in [0.1, 0.15) is 12.2 Å². The highest BCUT2D eigenvalue weighted by atomic mass is 35.5. The van der Waals surface area contributed by atoms with E-state index in [2.05, 4.69) is 5.32 Å². The summed E-state index contributed by atoms with van der Waals surface area (Å²) in [6.07, 6.45) is 1.51. The molecule has 1 N–H and O–H groups in total. The molecule has 1 aromatic rings. The number of carbonyl (C=O) groups excluding carboxylic acids is 2. The van der Waals surface area contributed by atoms with Gasteiger partial charge in [-0.2, -0.15) is 17.5 Å². The van der Waals surface area contributed by atoms with Crippen molar-refractivity contribution in [3.63, 3.8) is 0 Å². The number of carbonyl (C=O) groups is 2. The predicted octanol–water partition coefficient (Wildman–Crippen LogP) is 3.77. The van der Waals surface area contributed by atoms with E-state index in [0.717, 1.165) is 23.8 Å². The number of anilines is 1. The Bertz CT molecular complexity index is 1660. The molecule has 5 aliphatic rings. The number of fused-ring (bicyclic) bond motifs is 1. The van der Waals surface area contributed by atoms with E-state index in [1.807, 2.05) is 24.0 Å². The molecule has 4 heterocycles. The topological polar surface area (TPSA) is 115 Å². The number of hydrogen-bond donors (Lipinski definition) is 1. The van der Waals surface area contributed by atoms with Gasteiger partial charge in [0.05, 0.1) is 46.1 Å². The van der Waals surface area contributed by atoms with Gasteiger partial charge in [0.15, 0.2) is 0 Å². The van der Waals surface area contributed by atoms with Crippen LogP contribution in [-0.4, -0.2) is 103 Å². The largest absolute Gasteiger partial charge is 0.416 e. The number of rotatable bonds is 8. The van der Waals surface area contributed by atoms with Gasteiger partial charge in [-0.25, -0.2) is 13.4 Å². The molecular formula is C30H34ClF3N6O5S. The monoisotopic (exact) mass is 682 g/mol. The van der Waals surface area contributed by atoms with Gasteiger partial charge in [-0.3, -0.25) is 14.5 Å². The second-order valence-electron chi connectivity index (χ2n) is 11.6. The summed E-state index contributed by atoms with van der Waals surface area (Å²) in [6, 6.07) is 2.69. The summed E-state index contributed by atoms with van der Waals surface area (Å²) in [4.78, 5) is 37.4. The number of nitrogens with zero attached hydrogens (tertiary/aromatic N) is 5. The SMILES string of the molecule is CCC1=C(N2CCN(S(=O)(=O)C3CC3)CC2)C(=O)N2CC=C(C3=CCOCC3)N=C2N1CC(=O)Nc1ccc(C(F)(F)F)cc1Cl. The van der Waals surface area contributed by atoms with Crippen molar-refractivity contribution in [3.05, 3.63) is 63.6 Å². The Morgan fingerprint density at radius 3 is 2.50 bits per heavy atom. The van der Waals surface area contributed by atoms with Crippen LogP contribution < -0.4 is 5.32 Å². The summed E-state index contributed by atoms with van der Waals surface area (Å²) in [5, 5.41) is 2.01. The molecule has 2 fully saturated rings. The zero-order chi connectivity index (χ0) is 32.8. The minimum Gasteiger partial charge on any atom is -0.377 e. The van der Waals surface area contributed by atoms with Crippen LogP contribution in [0.3, 0.4) is 0 Å². The summed E-state index contributed by atoms with van der Waals surface area (Å²) in [7, 11) is -3.36. The van der Waals surface area contributed by atoms with E-state index in [9.17, 15) is 31.2 Å². The van der Waals surface area contributed by atoms with Crippen molar-refractivity contribution in [1.29, 1.82) is 0 Å². The van der Waals surface area contributed by atoms with E-state index >= 15 is 0 Å². The highest BCUT2D eigenvalue weighted by Gasteiger charge is 2.44. The van der Waals surface area contributed by atoms with Crippen LogP contribution in [0.15, 0.2) is 58.0 Å². The lowest BCUT2D eigenvalue weighted by molar-refractivity contribution is -0.137. The molecular weight excluding hydrogens is 649 g/mol. The van der Waals surface area contributed by atoms with Crippen LogP contribution >= 0.6 is 11.6 Å². The third kappa shape index (κ3) is 6.42. The minimum absolute atomic E-state index is 0.0124. The number of aliphatic imine (C=N–C) groups is 1. The molecule has 2 amide bonds. The number of benzene rings is 1. The lowest BCUT2D eigenvalue weighted by Crippen LogP contribution is -2.59. The lowest BCUT2D eigenvalue weighted by atomic mass is 10.0. The van der Waals surface area contributed by atoms with Gasteiger partial charge in [-0.1, -0.05) is 24.6 Å². The molecule has 0 atom stereocenters. The van der Waals surface area contributed by atoms with Crippen LogP contribution in [0.2, 0.25) is 5.02 Å². The number of ether oxygens (including phenoxy) is 1.